The zero-order valence-corrected chi connectivity index (χ0v) is 16.0. The molecule has 0 radical (unpaired) electrons. The summed E-state index contributed by atoms with van der Waals surface area (Å²) in [4.78, 5) is 16.4. The molecule has 2 N–H and O–H groups in total. The van der Waals surface area contributed by atoms with Crippen molar-refractivity contribution in [1.29, 1.82) is 0 Å². The van der Waals surface area contributed by atoms with Crippen LogP contribution in [0.5, 0.6) is 0 Å². The number of pyridine rings is 3. The first-order valence-corrected chi connectivity index (χ1v) is 9.37. The van der Waals surface area contributed by atoms with Crippen molar-refractivity contribution in [3.05, 3.63) is 47.8 Å². The molecule has 6 heteroatoms. The number of aryl methyl sites for hydroxylation is 1. The van der Waals surface area contributed by atoms with E-state index in [9.17, 15) is 0 Å². The molecule has 1 fully saturated rings. The van der Waals surface area contributed by atoms with Crippen molar-refractivity contribution < 1.29 is 4.74 Å². The molecule has 3 aromatic heterocycles. The van der Waals surface area contributed by atoms with E-state index < -0.39 is 0 Å². The Morgan fingerprint density at radius 2 is 1.89 bits per heavy atom. The molecule has 1 aliphatic rings. The van der Waals surface area contributed by atoms with Crippen LogP contribution in [0.3, 0.4) is 0 Å². The Balaban J connectivity index is 1.74. The second-order valence-electron chi connectivity index (χ2n) is 7.27. The first-order valence-electron chi connectivity index (χ1n) is 9.37. The van der Waals surface area contributed by atoms with Crippen LogP contribution in [0.4, 0.5) is 5.82 Å². The van der Waals surface area contributed by atoms with E-state index in [1.165, 1.54) is 0 Å². The van der Waals surface area contributed by atoms with Gasteiger partial charge >= 0.3 is 0 Å². The van der Waals surface area contributed by atoms with Crippen LogP contribution in [-0.4, -0.2) is 40.2 Å². The number of nitrogens with zero attached hydrogens (tertiary/aromatic N) is 4. The molecule has 2 atom stereocenters. The highest BCUT2D eigenvalue weighted by atomic mass is 16.5. The topological polar surface area (TPSA) is 77.2 Å². The third kappa shape index (κ3) is 3.63. The number of morpholine rings is 1. The number of hydrogen-bond donors (Lipinski definition) is 1. The molecule has 140 valence electrons. The lowest BCUT2D eigenvalue weighted by molar-refractivity contribution is -0.00545. The van der Waals surface area contributed by atoms with Crippen LogP contribution in [0.1, 0.15) is 25.1 Å². The lowest BCUT2D eigenvalue weighted by Crippen LogP contribution is -2.45. The van der Waals surface area contributed by atoms with Crippen molar-refractivity contribution >= 4 is 16.7 Å². The van der Waals surface area contributed by atoms with Crippen LogP contribution < -0.4 is 10.6 Å². The molecule has 0 aromatic carbocycles. The molecule has 3 aromatic rings. The smallest absolute Gasteiger partial charge is 0.129 e. The predicted octanol–water partition coefficient (Wildman–Crippen LogP) is 3.07. The summed E-state index contributed by atoms with van der Waals surface area (Å²) in [6.07, 6.45) is 2.21. The van der Waals surface area contributed by atoms with E-state index in [4.69, 9.17) is 20.4 Å². The third-order valence-electron chi connectivity index (χ3n) is 4.91. The maximum atomic E-state index is 5.85. The summed E-state index contributed by atoms with van der Waals surface area (Å²) >= 11 is 0. The Labute approximate surface area is 159 Å². The minimum atomic E-state index is 0.196. The van der Waals surface area contributed by atoms with Gasteiger partial charge in [-0.25, -0.2) is 9.97 Å². The zero-order chi connectivity index (χ0) is 19.0. The van der Waals surface area contributed by atoms with Gasteiger partial charge in [-0.15, -0.1) is 0 Å². The van der Waals surface area contributed by atoms with Crippen molar-refractivity contribution in [1.82, 2.24) is 15.0 Å². The fraction of sp³-hybridized carbons (Fsp3) is 0.381. The molecule has 0 aliphatic carbocycles. The normalized spacial score (nSPS) is 20.2. The summed E-state index contributed by atoms with van der Waals surface area (Å²) in [7, 11) is 0. The molecule has 1 saturated heterocycles. The maximum Gasteiger partial charge on any atom is 0.129 e. The molecule has 4 heterocycles. The fourth-order valence-corrected chi connectivity index (χ4v) is 3.62. The summed E-state index contributed by atoms with van der Waals surface area (Å²) in [6.45, 7) is 8.37. The Bertz CT molecular complexity index is 964. The van der Waals surface area contributed by atoms with E-state index >= 15 is 0 Å². The zero-order valence-electron chi connectivity index (χ0n) is 16.0. The maximum absolute atomic E-state index is 5.85. The molecule has 6 nitrogen and oxygen atoms in total. The molecule has 0 unspecified atom stereocenters. The van der Waals surface area contributed by atoms with Gasteiger partial charge in [-0.2, -0.15) is 0 Å². The van der Waals surface area contributed by atoms with Gasteiger partial charge in [-0.1, -0.05) is 6.07 Å². The van der Waals surface area contributed by atoms with Gasteiger partial charge in [0.05, 0.1) is 34.8 Å². The van der Waals surface area contributed by atoms with Crippen molar-refractivity contribution in [2.45, 2.75) is 39.5 Å². The summed E-state index contributed by atoms with van der Waals surface area (Å²) in [6, 6.07) is 10.2. The minimum absolute atomic E-state index is 0.196. The number of fused-ring (bicyclic) bond motifs is 1. The number of rotatable bonds is 3. The third-order valence-corrected chi connectivity index (χ3v) is 4.91. The molecule has 27 heavy (non-hydrogen) atoms. The largest absolute Gasteiger partial charge is 0.372 e. The molecule has 0 saturated carbocycles. The number of aromatic nitrogens is 3. The van der Waals surface area contributed by atoms with Crippen molar-refractivity contribution in [2.75, 3.05) is 18.0 Å². The average molecular weight is 363 g/mol. The van der Waals surface area contributed by atoms with E-state index in [-0.39, 0.29) is 12.2 Å². The van der Waals surface area contributed by atoms with Gasteiger partial charge in [-0.3, -0.25) is 4.98 Å². The van der Waals surface area contributed by atoms with E-state index in [0.717, 1.165) is 52.5 Å². The SMILES string of the molecule is Cc1ccc(N2C[C@@H](C)O[C@@H](C)C2)nc1-c1ccc2cnc(CN)cc2n1. The van der Waals surface area contributed by atoms with Crippen LogP contribution >= 0.6 is 0 Å². The lowest BCUT2D eigenvalue weighted by Gasteiger charge is -2.36. The molecule has 4 rings (SSSR count). The van der Waals surface area contributed by atoms with Crippen LogP contribution in [0.15, 0.2) is 36.5 Å². The number of ether oxygens (including phenoxy) is 1. The molecule has 1 aliphatic heterocycles. The first kappa shape index (κ1) is 17.8. The molecular weight excluding hydrogens is 338 g/mol. The number of nitrogens with two attached hydrogens (primary N) is 1. The van der Waals surface area contributed by atoms with E-state index in [2.05, 4.69) is 42.8 Å². The predicted molar refractivity (Wildman–Crippen MR) is 108 cm³/mol. The summed E-state index contributed by atoms with van der Waals surface area (Å²) in [5.41, 5.74) is 10.3. The van der Waals surface area contributed by atoms with Crippen molar-refractivity contribution in [2.24, 2.45) is 5.73 Å². The lowest BCUT2D eigenvalue weighted by atomic mass is 10.1. The highest BCUT2D eigenvalue weighted by Crippen LogP contribution is 2.26. The van der Waals surface area contributed by atoms with Crippen LogP contribution in [0.25, 0.3) is 22.3 Å². The van der Waals surface area contributed by atoms with Crippen molar-refractivity contribution in [3.8, 4) is 11.4 Å². The minimum Gasteiger partial charge on any atom is -0.372 e. The fourth-order valence-electron chi connectivity index (χ4n) is 3.62. The monoisotopic (exact) mass is 363 g/mol. The van der Waals surface area contributed by atoms with Gasteiger partial charge in [0, 0.05) is 31.2 Å². The Morgan fingerprint density at radius 1 is 1.11 bits per heavy atom. The summed E-state index contributed by atoms with van der Waals surface area (Å²) in [5.74, 6) is 0.969. The standard InChI is InChI=1S/C21H25N5O/c1-13-4-7-20(26-11-14(2)27-15(3)12-26)25-21(13)18-6-5-16-10-23-17(9-22)8-19(16)24-18/h4-8,10,14-15H,9,11-12,22H2,1-3H3/t14-,15+. The molecular formula is C21H25N5O. The summed E-state index contributed by atoms with van der Waals surface area (Å²) in [5, 5.41) is 1.00. The van der Waals surface area contributed by atoms with Crippen molar-refractivity contribution in [3.63, 3.8) is 0 Å². The number of anilines is 1. The van der Waals surface area contributed by atoms with Crippen LogP contribution in [0, 0.1) is 6.92 Å². The van der Waals surface area contributed by atoms with E-state index in [0.29, 0.717) is 6.54 Å². The van der Waals surface area contributed by atoms with Gasteiger partial charge in [0.1, 0.15) is 5.82 Å². The van der Waals surface area contributed by atoms with Gasteiger partial charge in [0.25, 0.3) is 0 Å². The Hall–Kier alpha value is -2.57. The highest BCUT2D eigenvalue weighted by molar-refractivity contribution is 5.81. The van der Waals surface area contributed by atoms with Gasteiger partial charge in [0.15, 0.2) is 0 Å². The van der Waals surface area contributed by atoms with Crippen LogP contribution in [-0.2, 0) is 11.3 Å². The van der Waals surface area contributed by atoms with E-state index in [1.807, 2.05) is 24.4 Å². The second-order valence-corrected chi connectivity index (χ2v) is 7.27. The van der Waals surface area contributed by atoms with Gasteiger partial charge in [-0.05, 0) is 50.6 Å². The number of hydrogen-bond acceptors (Lipinski definition) is 6. The van der Waals surface area contributed by atoms with E-state index in [1.54, 1.807) is 0 Å². The van der Waals surface area contributed by atoms with Gasteiger partial charge in [0.2, 0.25) is 0 Å². The first-order chi connectivity index (χ1) is 13.0. The Kier molecular flexibility index (Phi) is 4.76. The van der Waals surface area contributed by atoms with Gasteiger partial charge < -0.3 is 15.4 Å². The summed E-state index contributed by atoms with van der Waals surface area (Å²) < 4.78 is 5.85. The second kappa shape index (κ2) is 7.21. The molecule has 0 amide bonds. The Morgan fingerprint density at radius 3 is 2.63 bits per heavy atom. The molecule has 0 bridgehead atoms. The quantitative estimate of drug-likeness (QED) is 0.771. The highest BCUT2D eigenvalue weighted by Gasteiger charge is 2.23. The van der Waals surface area contributed by atoms with Crippen LogP contribution in [0.2, 0.25) is 0 Å². The average Bonchev–Trinajstić information content (AvgIpc) is 2.66. The molecule has 0 spiro atoms.